The molecule has 0 radical (unpaired) electrons. The van der Waals surface area contributed by atoms with E-state index in [1.54, 1.807) is 11.3 Å². The van der Waals surface area contributed by atoms with E-state index in [-0.39, 0.29) is 5.91 Å². The number of piperidine rings is 1. The van der Waals surface area contributed by atoms with Crippen molar-refractivity contribution >= 4 is 55.8 Å². The highest BCUT2D eigenvalue weighted by Crippen LogP contribution is 2.36. The molecule has 0 N–H and O–H groups in total. The number of anilines is 1. The lowest BCUT2D eigenvalue weighted by Crippen LogP contribution is -2.39. The van der Waals surface area contributed by atoms with Crippen molar-refractivity contribution in [3.8, 4) is 0 Å². The highest BCUT2D eigenvalue weighted by atomic mass is 35.5. The maximum absolute atomic E-state index is 13.7. The molecule has 1 amide bonds. The van der Waals surface area contributed by atoms with Gasteiger partial charge in [0, 0.05) is 42.5 Å². The molecule has 4 aromatic rings. The minimum Gasteiger partial charge on any atom is -0.356 e. The van der Waals surface area contributed by atoms with Gasteiger partial charge in [0.15, 0.2) is 0 Å². The van der Waals surface area contributed by atoms with Crippen molar-refractivity contribution in [3.05, 3.63) is 64.1 Å². The van der Waals surface area contributed by atoms with Crippen molar-refractivity contribution < 1.29 is 4.79 Å². The number of pyridine rings is 1. The number of halogens is 1. The van der Waals surface area contributed by atoms with E-state index in [1.807, 2.05) is 53.4 Å². The van der Waals surface area contributed by atoms with Crippen molar-refractivity contribution in [2.45, 2.75) is 31.6 Å². The van der Waals surface area contributed by atoms with Crippen molar-refractivity contribution in [1.29, 1.82) is 0 Å². The predicted octanol–water partition coefficient (Wildman–Crippen LogP) is 6.12. The largest absolute Gasteiger partial charge is 0.356 e. The molecule has 0 saturated carbocycles. The molecular weight excluding hydrogens is 452 g/mol. The number of carbonyl (C=O) groups is 1. The fourth-order valence-corrected chi connectivity index (χ4v) is 6.31. The van der Waals surface area contributed by atoms with Crippen LogP contribution in [0.25, 0.3) is 21.1 Å². The van der Waals surface area contributed by atoms with Crippen LogP contribution in [0, 0.1) is 0 Å². The highest BCUT2D eigenvalue weighted by Gasteiger charge is 2.30. The Bertz CT molecular complexity index is 1340. The fourth-order valence-electron chi connectivity index (χ4n) is 5.03. The van der Waals surface area contributed by atoms with Gasteiger partial charge >= 0.3 is 0 Å². The molecule has 0 spiro atoms. The Morgan fingerprint density at radius 2 is 1.73 bits per heavy atom. The summed E-state index contributed by atoms with van der Waals surface area (Å²) in [4.78, 5) is 27.7. The lowest BCUT2D eigenvalue weighted by molar-refractivity contribution is 0.0713. The van der Waals surface area contributed by atoms with Crippen LogP contribution in [0.1, 0.15) is 47.0 Å². The molecule has 33 heavy (non-hydrogen) atoms. The third-order valence-electron chi connectivity index (χ3n) is 6.84. The van der Waals surface area contributed by atoms with Gasteiger partial charge in [-0.2, -0.15) is 0 Å². The summed E-state index contributed by atoms with van der Waals surface area (Å²) in [5.41, 5.74) is 2.66. The monoisotopic (exact) mass is 476 g/mol. The van der Waals surface area contributed by atoms with Gasteiger partial charge in [-0.15, -0.1) is 11.3 Å². The zero-order chi connectivity index (χ0) is 22.4. The van der Waals surface area contributed by atoms with Crippen LogP contribution in [0.15, 0.2) is 48.5 Å². The Hall–Kier alpha value is -2.70. The topological polar surface area (TPSA) is 49.3 Å². The molecule has 0 aliphatic carbocycles. The van der Waals surface area contributed by atoms with Crippen LogP contribution in [0.2, 0.25) is 5.02 Å². The van der Waals surface area contributed by atoms with E-state index < -0.39 is 0 Å². The average molecular weight is 477 g/mol. The normalized spacial score (nSPS) is 17.4. The molecule has 2 aromatic carbocycles. The van der Waals surface area contributed by atoms with Crippen LogP contribution < -0.4 is 4.90 Å². The lowest BCUT2D eigenvalue weighted by Gasteiger charge is -2.32. The van der Waals surface area contributed by atoms with E-state index in [1.165, 1.54) is 4.70 Å². The lowest BCUT2D eigenvalue weighted by atomic mass is 9.97. The second kappa shape index (κ2) is 8.58. The number of thiazole rings is 1. The quantitative estimate of drug-likeness (QED) is 0.357. The molecule has 2 aliphatic heterocycles. The Balaban J connectivity index is 1.24. The second-order valence-corrected chi connectivity index (χ2v) is 10.5. The number of rotatable bonds is 3. The number of carbonyl (C=O) groups excluding carboxylic acids is 1. The summed E-state index contributed by atoms with van der Waals surface area (Å²) in [7, 11) is 0. The molecule has 0 atom stereocenters. The Morgan fingerprint density at radius 1 is 0.939 bits per heavy atom. The minimum absolute atomic E-state index is 0.102. The van der Waals surface area contributed by atoms with Gasteiger partial charge in [-0.05, 0) is 56.0 Å². The average Bonchev–Trinajstić information content (AvgIpc) is 3.53. The van der Waals surface area contributed by atoms with Crippen LogP contribution >= 0.6 is 22.9 Å². The van der Waals surface area contributed by atoms with Gasteiger partial charge in [0.05, 0.1) is 26.3 Å². The van der Waals surface area contributed by atoms with Crippen LogP contribution in [-0.2, 0) is 0 Å². The number of nitrogens with zero attached hydrogens (tertiary/aromatic N) is 4. The third-order valence-corrected chi connectivity index (χ3v) is 8.27. The van der Waals surface area contributed by atoms with Crippen molar-refractivity contribution in [3.63, 3.8) is 0 Å². The van der Waals surface area contributed by atoms with Gasteiger partial charge in [0.25, 0.3) is 5.91 Å². The summed E-state index contributed by atoms with van der Waals surface area (Å²) >= 11 is 7.88. The number of hydrogen-bond acceptors (Lipinski definition) is 5. The van der Waals surface area contributed by atoms with Crippen LogP contribution in [0.3, 0.4) is 0 Å². The van der Waals surface area contributed by atoms with Crippen LogP contribution in [-0.4, -0.2) is 47.0 Å². The van der Waals surface area contributed by atoms with Gasteiger partial charge in [-0.25, -0.2) is 9.97 Å². The Morgan fingerprint density at radius 3 is 2.55 bits per heavy atom. The first-order chi connectivity index (χ1) is 16.2. The molecule has 2 fully saturated rings. The fraction of sp³-hybridized carbons (Fsp3) is 0.346. The summed E-state index contributed by atoms with van der Waals surface area (Å²) in [5, 5.41) is 2.90. The highest BCUT2D eigenvalue weighted by molar-refractivity contribution is 7.18. The molecule has 4 heterocycles. The number of aromatic nitrogens is 2. The van der Waals surface area contributed by atoms with Gasteiger partial charge < -0.3 is 9.80 Å². The number of fused-ring (bicyclic) bond motifs is 2. The number of amides is 1. The zero-order valence-corrected chi connectivity index (χ0v) is 19.9. The molecule has 2 aromatic heterocycles. The van der Waals surface area contributed by atoms with Gasteiger partial charge in [0.2, 0.25) is 0 Å². The van der Waals surface area contributed by atoms with E-state index in [4.69, 9.17) is 21.6 Å². The van der Waals surface area contributed by atoms with E-state index >= 15 is 0 Å². The molecule has 0 bridgehead atoms. The summed E-state index contributed by atoms with van der Waals surface area (Å²) in [6.45, 7) is 3.42. The zero-order valence-electron chi connectivity index (χ0n) is 18.3. The number of para-hydroxylation sites is 1. The first kappa shape index (κ1) is 20.9. The SMILES string of the molecule is O=C(c1cc2ccccc2nc1N1CCCC1)N1CCC(c2nc3cc(Cl)ccc3s2)CC1. The Kier molecular flexibility index (Phi) is 5.43. The third kappa shape index (κ3) is 3.96. The molecule has 6 rings (SSSR count). The maximum atomic E-state index is 13.7. The second-order valence-electron chi connectivity index (χ2n) is 8.98. The van der Waals surface area contributed by atoms with E-state index in [0.717, 1.165) is 89.7 Å². The predicted molar refractivity (Wildman–Crippen MR) is 136 cm³/mol. The summed E-state index contributed by atoms with van der Waals surface area (Å²) in [6.07, 6.45) is 4.17. The van der Waals surface area contributed by atoms with Crippen molar-refractivity contribution in [2.75, 3.05) is 31.1 Å². The first-order valence-corrected chi connectivity index (χ1v) is 12.9. The van der Waals surface area contributed by atoms with Crippen LogP contribution in [0.4, 0.5) is 5.82 Å². The molecule has 5 nitrogen and oxygen atoms in total. The van der Waals surface area contributed by atoms with Crippen molar-refractivity contribution in [2.24, 2.45) is 0 Å². The Labute approximate surface area is 202 Å². The summed E-state index contributed by atoms with van der Waals surface area (Å²) < 4.78 is 1.17. The number of hydrogen-bond donors (Lipinski definition) is 0. The maximum Gasteiger partial charge on any atom is 0.257 e. The molecule has 2 aliphatic rings. The summed E-state index contributed by atoms with van der Waals surface area (Å²) in [6, 6.07) is 16.0. The molecular formula is C26H25ClN4OS. The van der Waals surface area contributed by atoms with Gasteiger partial charge in [0.1, 0.15) is 5.82 Å². The van der Waals surface area contributed by atoms with Gasteiger partial charge in [-0.3, -0.25) is 4.79 Å². The number of likely N-dealkylation sites (tertiary alicyclic amines) is 1. The molecule has 2 saturated heterocycles. The molecule has 0 unspecified atom stereocenters. The van der Waals surface area contributed by atoms with Crippen molar-refractivity contribution in [1.82, 2.24) is 14.9 Å². The molecule has 7 heteroatoms. The van der Waals surface area contributed by atoms with E-state index in [2.05, 4.69) is 4.90 Å². The van der Waals surface area contributed by atoms with Crippen LogP contribution in [0.5, 0.6) is 0 Å². The standard InChI is InChI=1S/C26H25ClN4OS/c27-19-7-8-23-22(16-19)29-25(33-23)17-9-13-31(14-10-17)26(32)20-15-18-5-1-2-6-21(18)28-24(20)30-11-3-4-12-30/h1-2,5-8,15-17H,3-4,9-14H2. The van der Waals surface area contributed by atoms with E-state index in [0.29, 0.717) is 5.92 Å². The summed E-state index contributed by atoms with van der Waals surface area (Å²) in [5.74, 6) is 1.34. The number of benzene rings is 2. The van der Waals surface area contributed by atoms with E-state index in [9.17, 15) is 4.79 Å². The molecule has 168 valence electrons. The van der Waals surface area contributed by atoms with Gasteiger partial charge in [-0.1, -0.05) is 29.8 Å². The minimum atomic E-state index is 0.102. The smallest absolute Gasteiger partial charge is 0.257 e. The first-order valence-electron chi connectivity index (χ1n) is 11.7.